The molecule has 2 N–H and O–H groups in total. The number of rotatable bonds is 7. The Balaban J connectivity index is 2.04. The van der Waals surface area contributed by atoms with Gasteiger partial charge in [0.05, 0.1) is 23.1 Å². The molecule has 0 spiro atoms. The smallest absolute Gasteiger partial charge is 0.255 e. The summed E-state index contributed by atoms with van der Waals surface area (Å²) in [6.07, 6.45) is 3.35. The van der Waals surface area contributed by atoms with E-state index in [1.807, 2.05) is 31.0 Å². The third kappa shape index (κ3) is 3.62. The van der Waals surface area contributed by atoms with E-state index in [-0.39, 0.29) is 23.5 Å². The Hall–Kier alpha value is -1.46. The first-order chi connectivity index (χ1) is 11.3. The van der Waals surface area contributed by atoms with Gasteiger partial charge >= 0.3 is 0 Å². The zero-order chi connectivity index (χ0) is 17.9. The van der Waals surface area contributed by atoms with Crippen LogP contribution in [0.25, 0.3) is 0 Å². The number of ether oxygens (including phenoxy) is 1. The molecule has 1 saturated carbocycles. The fourth-order valence-corrected chi connectivity index (χ4v) is 3.46. The molecule has 0 aromatic carbocycles. The lowest BCUT2D eigenvalue weighted by molar-refractivity contribution is -0.140. The van der Waals surface area contributed by atoms with Crippen LogP contribution < -0.4 is 5.73 Å². The first-order valence-corrected chi connectivity index (χ1v) is 8.88. The standard InChI is InChI=1S/C19H31N3O2/c1-6-7-10-24-17-11-16(19(17,3)4)22(5)18(23)15-9-8-14(12-20)21-13(15)2/h8-9,16-17H,6-7,10-12,20H2,1-5H3/t16-,17-/m1/s1. The number of nitrogens with zero attached hydrogens (tertiary/aromatic N) is 2. The lowest BCUT2D eigenvalue weighted by Crippen LogP contribution is -2.62. The van der Waals surface area contributed by atoms with Crippen LogP contribution in [0.4, 0.5) is 0 Å². The van der Waals surface area contributed by atoms with Gasteiger partial charge in [0.1, 0.15) is 0 Å². The third-order valence-electron chi connectivity index (χ3n) is 5.31. The van der Waals surface area contributed by atoms with Crippen molar-refractivity contribution >= 4 is 5.91 Å². The molecule has 2 rings (SSSR count). The quantitative estimate of drug-likeness (QED) is 0.779. The fraction of sp³-hybridized carbons (Fsp3) is 0.684. The molecule has 0 saturated heterocycles. The number of hydrogen-bond donors (Lipinski definition) is 1. The highest BCUT2D eigenvalue weighted by Crippen LogP contribution is 2.45. The van der Waals surface area contributed by atoms with Crippen LogP contribution >= 0.6 is 0 Å². The third-order valence-corrected chi connectivity index (χ3v) is 5.31. The number of unbranched alkanes of at least 4 members (excludes halogenated alkanes) is 1. The molecule has 0 radical (unpaired) electrons. The van der Waals surface area contributed by atoms with Gasteiger partial charge in [-0.25, -0.2) is 0 Å². The van der Waals surface area contributed by atoms with Gasteiger partial charge in [0.15, 0.2) is 0 Å². The van der Waals surface area contributed by atoms with Crippen LogP contribution in [0.5, 0.6) is 0 Å². The van der Waals surface area contributed by atoms with E-state index in [1.54, 1.807) is 0 Å². The summed E-state index contributed by atoms with van der Waals surface area (Å²) in [4.78, 5) is 19.1. The van der Waals surface area contributed by atoms with E-state index in [9.17, 15) is 4.79 Å². The summed E-state index contributed by atoms with van der Waals surface area (Å²) in [6.45, 7) is 9.59. The molecule has 5 heteroatoms. The molecule has 1 aromatic heterocycles. The maximum absolute atomic E-state index is 12.9. The second-order valence-electron chi connectivity index (χ2n) is 7.34. The van der Waals surface area contributed by atoms with Crippen molar-refractivity contribution in [2.45, 2.75) is 65.6 Å². The predicted octanol–water partition coefficient (Wildman–Crippen LogP) is 2.90. The fourth-order valence-electron chi connectivity index (χ4n) is 3.46. The Bertz CT molecular complexity index is 586. The molecule has 1 aliphatic carbocycles. The number of aromatic nitrogens is 1. The average Bonchev–Trinajstić information content (AvgIpc) is 2.56. The zero-order valence-electron chi connectivity index (χ0n) is 15.6. The van der Waals surface area contributed by atoms with Crippen molar-refractivity contribution in [1.82, 2.24) is 9.88 Å². The van der Waals surface area contributed by atoms with Crippen LogP contribution in [0.1, 0.15) is 61.8 Å². The summed E-state index contributed by atoms with van der Waals surface area (Å²) in [5, 5.41) is 0. The van der Waals surface area contributed by atoms with Crippen LogP contribution in [0.2, 0.25) is 0 Å². The Morgan fingerprint density at radius 3 is 2.71 bits per heavy atom. The second kappa shape index (κ2) is 7.62. The van der Waals surface area contributed by atoms with Crippen molar-refractivity contribution < 1.29 is 9.53 Å². The van der Waals surface area contributed by atoms with E-state index in [4.69, 9.17) is 10.5 Å². The van der Waals surface area contributed by atoms with Gasteiger partial charge < -0.3 is 15.4 Å². The van der Waals surface area contributed by atoms with Gasteiger partial charge in [0, 0.05) is 31.7 Å². The molecular formula is C19H31N3O2. The Labute approximate surface area is 145 Å². The molecule has 2 atom stereocenters. The van der Waals surface area contributed by atoms with Crippen molar-refractivity contribution in [1.29, 1.82) is 0 Å². The largest absolute Gasteiger partial charge is 0.378 e. The lowest BCUT2D eigenvalue weighted by Gasteiger charge is -2.55. The molecule has 5 nitrogen and oxygen atoms in total. The average molecular weight is 333 g/mol. The molecular weight excluding hydrogens is 302 g/mol. The second-order valence-corrected chi connectivity index (χ2v) is 7.34. The van der Waals surface area contributed by atoms with E-state index >= 15 is 0 Å². The topological polar surface area (TPSA) is 68.5 Å². The minimum atomic E-state index is -0.0311. The molecule has 0 unspecified atom stereocenters. The number of amides is 1. The maximum atomic E-state index is 12.9. The Morgan fingerprint density at radius 2 is 2.17 bits per heavy atom. The van der Waals surface area contributed by atoms with Gasteiger partial charge in [-0.2, -0.15) is 0 Å². The highest BCUT2D eigenvalue weighted by molar-refractivity contribution is 5.95. The van der Waals surface area contributed by atoms with Crippen molar-refractivity contribution in [2.75, 3.05) is 13.7 Å². The van der Waals surface area contributed by atoms with Crippen molar-refractivity contribution in [3.63, 3.8) is 0 Å². The van der Waals surface area contributed by atoms with Crippen LogP contribution in [-0.2, 0) is 11.3 Å². The van der Waals surface area contributed by atoms with Gasteiger partial charge in [0.25, 0.3) is 5.91 Å². The van der Waals surface area contributed by atoms with Crippen molar-refractivity contribution in [3.05, 3.63) is 29.1 Å². The number of hydrogen-bond acceptors (Lipinski definition) is 4. The molecule has 0 bridgehead atoms. The molecule has 1 aliphatic rings. The summed E-state index contributed by atoms with van der Waals surface area (Å²) in [5.74, 6) is 0.0219. The lowest BCUT2D eigenvalue weighted by atomic mass is 9.63. The number of carbonyl (C=O) groups excluding carboxylic acids is 1. The van der Waals surface area contributed by atoms with Crippen molar-refractivity contribution in [3.8, 4) is 0 Å². The number of aryl methyl sites for hydroxylation is 1. The predicted molar refractivity (Wildman–Crippen MR) is 95.8 cm³/mol. The summed E-state index contributed by atoms with van der Waals surface area (Å²) in [7, 11) is 1.88. The van der Waals surface area contributed by atoms with Gasteiger partial charge in [0.2, 0.25) is 0 Å². The van der Waals surface area contributed by atoms with Crippen molar-refractivity contribution in [2.24, 2.45) is 11.1 Å². The van der Waals surface area contributed by atoms with Crippen LogP contribution in [0.15, 0.2) is 12.1 Å². The summed E-state index contributed by atoms with van der Waals surface area (Å²) in [6, 6.07) is 3.85. The highest BCUT2D eigenvalue weighted by atomic mass is 16.5. The van der Waals surface area contributed by atoms with Gasteiger partial charge in [-0.3, -0.25) is 9.78 Å². The molecule has 1 aromatic rings. The molecule has 1 amide bonds. The van der Waals surface area contributed by atoms with Gasteiger partial charge in [-0.1, -0.05) is 27.2 Å². The zero-order valence-corrected chi connectivity index (χ0v) is 15.6. The van der Waals surface area contributed by atoms with Crippen LogP contribution in [0, 0.1) is 12.3 Å². The molecule has 0 aliphatic heterocycles. The van der Waals surface area contributed by atoms with E-state index in [0.29, 0.717) is 12.1 Å². The first kappa shape index (κ1) is 18.9. The normalized spacial score (nSPS) is 22.1. The summed E-state index contributed by atoms with van der Waals surface area (Å²) < 4.78 is 5.99. The summed E-state index contributed by atoms with van der Waals surface area (Å²) in [5.41, 5.74) is 7.78. The van der Waals surface area contributed by atoms with E-state index in [1.165, 1.54) is 0 Å². The molecule has 24 heavy (non-hydrogen) atoms. The minimum Gasteiger partial charge on any atom is -0.378 e. The van der Waals surface area contributed by atoms with Gasteiger partial charge in [-0.05, 0) is 31.9 Å². The molecule has 1 fully saturated rings. The number of nitrogens with two attached hydrogens (primary N) is 1. The number of pyridine rings is 1. The molecule has 134 valence electrons. The Kier molecular flexibility index (Phi) is 5.99. The maximum Gasteiger partial charge on any atom is 0.255 e. The van der Waals surface area contributed by atoms with Crippen LogP contribution in [0.3, 0.4) is 0 Å². The Morgan fingerprint density at radius 1 is 1.46 bits per heavy atom. The van der Waals surface area contributed by atoms with E-state index in [0.717, 1.165) is 37.3 Å². The molecule has 1 heterocycles. The monoisotopic (exact) mass is 333 g/mol. The minimum absolute atomic E-state index is 0.0219. The summed E-state index contributed by atoms with van der Waals surface area (Å²) >= 11 is 0. The highest BCUT2D eigenvalue weighted by Gasteiger charge is 2.52. The first-order valence-electron chi connectivity index (χ1n) is 8.88. The number of carbonyl (C=O) groups is 1. The van der Waals surface area contributed by atoms with Crippen LogP contribution in [-0.4, -0.2) is 41.6 Å². The van der Waals surface area contributed by atoms with Gasteiger partial charge in [-0.15, -0.1) is 0 Å². The SMILES string of the molecule is CCCCO[C@@H]1C[C@@H](N(C)C(=O)c2ccc(CN)nc2C)C1(C)C. The van der Waals surface area contributed by atoms with E-state index < -0.39 is 0 Å². The van der Waals surface area contributed by atoms with E-state index in [2.05, 4.69) is 25.8 Å².